The van der Waals surface area contributed by atoms with Gasteiger partial charge in [0.25, 0.3) is 0 Å². The van der Waals surface area contributed by atoms with E-state index >= 15 is 0 Å². The molecule has 1 aliphatic rings. The molecule has 382 valence electrons. The van der Waals surface area contributed by atoms with E-state index in [0.29, 0.717) is 12.8 Å². The first-order valence-electron chi connectivity index (χ1n) is 26.1. The van der Waals surface area contributed by atoms with Gasteiger partial charge in [0.15, 0.2) is 6.10 Å². The van der Waals surface area contributed by atoms with Crippen LogP contribution in [0, 0.1) is 0 Å². The summed E-state index contributed by atoms with van der Waals surface area (Å²) in [6.07, 6.45) is 33.8. The normalized spacial score (nSPS) is 21.5. The van der Waals surface area contributed by atoms with Crippen molar-refractivity contribution in [2.24, 2.45) is 0 Å². The molecule has 1 aliphatic carbocycles. The van der Waals surface area contributed by atoms with Gasteiger partial charge in [-0.15, -0.1) is 0 Å². The number of ether oxygens (including phenoxy) is 2. The molecule has 0 aliphatic heterocycles. The molecule has 0 amide bonds. The standard InChI is InChI=1S/C51H95O13P/c1-3-5-7-9-11-13-15-17-19-20-21-22-23-24-25-26-28-29-31-33-35-37-39-44(52)61-41-43(42-62-65(59,60)64-51-49(57)47(55)46(54)48(56)50(51)58)63-45(53)40-38-36-34-32-30-27-18-16-14-12-10-8-6-4-2/h10,12,16,18,43,46-51,54-58H,3-9,11,13-15,17,19-42H2,1-2H3,(H,59,60)/b12-10-,18-16-. The Morgan fingerprint density at radius 1 is 0.477 bits per heavy atom. The van der Waals surface area contributed by atoms with Gasteiger partial charge in [0.1, 0.15) is 43.2 Å². The second kappa shape index (κ2) is 41.3. The highest BCUT2D eigenvalue weighted by Gasteiger charge is 2.51. The van der Waals surface area contributed by atoms with Crippen LogP contribution in [0.4, 0.5) is 0 Å². The van der Waals surface area contributed by atoms with E-state index in [9.17, 15) is 44.6 Å². The third-order valence-corrected chi connectivity index (χ3v) is 13.3. The number of allylic oxidation sites excluding steroid dienone is 4. The van der Waals surface area contributed by atoms with Crippen LogP contribution in [0.15, 0.2) is 24.3 Å². The smallest absolute Gasteiger partial charge is 0.462 e. The summed E-state index contributed by atoms with van der Waals surface area (Å²) in [6.45, 7) is 3.28. The molecule has 0 saturated heterocycles. The molecule has 6 atom stereocenters. The van der Waals surface area contributed by atoms with Gasteiger partial charge in [-0.2, -0.15) is 0 Å². The van der Waals surface area contributed by atoms with Crippen LogP contribution in [0.2, 0.25) is 0 Å². The van der Waals surface area contributed by atoms with E-state index in [-0.39, 0.29) is 12.8 Å². The number of unbranched alkanes of at least 4 members (excludes halogenated alkanes) is 28. The minimum atomic E-state index is -5.12. The monoisotopic (exact) mass is 947 g/mol. The number of aliphatic hydroxyl groups is 5. The fourth-order valence-corrected chi connectivity index (χ4v) is 9.04. The van der Waals surface area contributed by atoms with Gasteiger partial charge >= 0.3 is 19.8 Å². The summed E-state index contributed by atoms with van der Waals surface area (Å²) in [5.41, 5.74) is 0. The topological polar surface area (TPSA) is 210 Å². The van der Waals surface area contributed by atoms with Crippen LogP contribution in [0.25, 0.3) is 0 Å². The molecule has 1 fully saturated rings. The molecule has 6 N–H and O–H groups in total. The first-order chi connectivity index (χ1) is 31.4. The third-order valence-electron chi connectivity index (χ3n) is 12.3. The van der Waals surface area contributed by atoms with Crippen LogP contribution >= 0.6 is 7.82 Å². The predicted molar refractivity (Wildman–Crippen MR) is 258 cm³/mol. The molecule has 0 spiro atoms. The molecule has 14 heteroatoms. The maximum Gasteiger partial charge on any atom is 0.472 e. The Morgan fingerprint density at radius 2 is 0.846 bits per heavy atom. The summed E-state index contributed by atoms with van der Waals surface area (Å²) in [5, 5.41) is 50.2. The minimum absolute atomic E-state index is 0.0834. The van der Waals surface area contributed by atoms with Crippen molar-refractivity contribution in [1.82, 2.24) is 0 Å². The summed E-state index contributed by atoms with van der Waals surface area (Å²) in [4.78, 5) is 35.8. The second-order valence-electron chi connectivity index (χ2n) is 18.4. The molecule has 6 unspecified atom stereocenters. The lowest BCUT2D eigenvalue weighted by atomic mass is 9.85. The number of phosphoric ester groups is 1. The molecule has 0 bridgehead atoms. The Labute approximate surface area is 394 Å². The number of hydrogen-bond acceptors (Lipinski definition) is 12. The highest BCUT2D eigenvalue weighted by molar-refractivity contribution is 7.47. The fourth-order valence-electron chi connectivity index (χ4n) is 8.07. The molecular formula is C51H95O13P. The van der Waals surface area contributed by atoms with E-state index < -0.39 is 75.7 Å². The zero-order valence-corrected chi connectivity index (χ0v) is 41.7. The Kier molecular flexibility index (Phi) is 39.0. The Balaban J connectivity index is 2.35. The van der Waals surface area contributed by atoms with E-state index in [1.165, 1.54) is 128 Å². The fraction of sp³-hybridized carbons (Fsp3) is 0.882. The summed E-state index contributed by atoms with van der Waals surface area (Å²) >= 11 is 0. The molecule has 13 nitrogen and oxygen atoms in total. The van der Waals surface area contributed by atoms with Crippen LogP contribution < -0.4 is 0 Å². The van der Waals surface area contributed by atoms with Crippen molar-refractivity contribution in [3.63, 3.8) is 0 Å². The lowest BCUT2D eigenvalue weighted by Gasteiger charge is -2.41. The molecule has 0 heterocycles. The number of hydrogen-bond donors (Lipinski definition) is 6. The van der Waals surface area contributed by atoms with Crippen LogP contribution in [0.1, 0.15) is 232 Å². The van der Waals surface area contributed by atoms with Crippen LogP contribution in [0.5, 0.6) is 0 Å². The molecular weight excluding hydrogens is 852 g/mol. The van der Waals surface area contributed by atoms with Gasteiger partial charge in [-0.05, 0) is 38.5 Å². The average molecular weight is 947 g/mol. The summed E-state index contributed by atoms with van der Waals surface area (Å²) in [5.74, 6) is -1.10. The van der Waals surface area contributed by atoms with Crippen molar-refractivity contribution in [2.45, 2.75) is 275 Å². The van der Waals surface area contributed by atoms with Gasteiger partial charge in [0.05, 0.1) is 6.61 Å². The highest BCUT2D eigenvalue weighted by atomic mass is 31.2. The van der Waals surface area contributed by atoms with Gasteiger partial charge in [-0.25, -0.2) is 4.57 Å². The predicted octanol–water partition coefficient (Wildman–Crippen LogP) is 11.2. The summed E-state index contributed by atoms with van der Waals surface area (Å²) in [6, 6.07) is 0. The van der Waals surface area contributed by atoms with Crippen molar-refractivity contribution in [3.8, 4) is 0 Å². The summed E-state index contributed by atoms with van der Waals surface area (Å²) < 4.78 is 33.6. The Bertz CT molecular complexity index is 1230. The van der Waals surface area contributed by atoms with Gasteiger partial charge in [-0.1, -0.05) is 205 Å². The number of aliphatic hydroxyl groups excluding tert-OH is 5. The number of carbonyl (C=O) groups excluding carboxylic acids is 2. The van der Waals surface area contributed by atoms with E-state index in [2.05, 4.69) is 38.2 Å². The lowest BCUT2D eigenvalue weighted by molar-refractivity contribution is -0.220. The maximum absolute atomic E-state index is 12.8. The molecule has 65 heavy (non-hydrogen) atoms. The number of carbonyl (C=O) groups is 2. The SMILES string of the molecule is CCCC/C=C\C/C=C\CCCCCCCC(=O)OC(COC(=O)CCCCCCCCCCCCCCCCCCCCCCCC)COP(=O)(O)OC1C(O)C(O)C(O)C(O)C1O. The van der Waals surface area contributed by atoms with Crippen LogP contribution in [0.3, 0.4) is 0 Å². The third kappa shape index (κ3) is 33.5. The second-order valence-corrected chi connectivity index (χ2v) is 19.8. The minimum Gasteiger partial charge on any atom is -0.462 e. The zero-order valence-electron chi connectivity index (χ0n) is 40.8. The van der Waals surface area contributed by atoms with Crippen molar-refractivity contribution in [1.29, 1.82) is 0 Å². The van der Waals surface area contributed by atoms with Crippen LogP contribution in [-0.2, 0) is 32.7 Å². The maximum atomic E-state index is 12.8. The first-order valence-corrected chi connectivity index (χ1v) is 27.6. The quantitative estimate of drug-likeness (QED) is 0.0146. The van der Waals surface area contributed by atoms with Gasteiger partial charge in [0.2, 0.25) is 0 Å². The van der Waals surface area contributed by atoms with Gasteiger partial charge in [-0.3, -0.25) is 18.6 Å². The van der Waals surface area contributed by atoms with E-state index in [4.69, 9.17) is 18.5 Å². The molecule has 0 aromatic heterocycles. The van der Waals surface area contributed by atoms with E-state index in [1.807, 2.05) is 0 Å². The van der Waals surface area contributed by atoms with E-state index in [1.54, 1.807) is 0 Å². The number of rotatable bonds is 44. The first kappa shape index (κ1) is 61.3. The van der Waals surface area contributed by atoms with Crippen LogP contribution in [-0.4, -0.2) is 98.3 Å². The largest absolute Gasteiger partial charge is 0.472 e. The molecule has 0 aromatic carbocycles. The highest BCUT2D eigenvalue weighted by Crippen LogP contribution is 2.47. The molecule has 1 rings (SSSR count). The van der Waals surface area contributed by atoms with Crippen molar-refractivity contribution < 1.29 is 63.1 Å². The van der Waals surface area contributed by atoms with E-state index in [0.717, 1.165) is 64.2 Å². The molecule has 1 saturated carbocycles. The number of phosphoric acid groups is 1. The van der Waals surface area contributed by atoms with Crippen molar-refractivity contribution in [2.75, 3.05) is 13.2 Å². The van der Waals surface area contributed by atoms with Crippen molar-refractivity contribution in [3.05, 3.63) is 24.3 Å². The molecule has 0 radical (unpaired) electrons. The number of esters is 2. The molecule has 0 aromatic rings. The van der Waals surface area contributed by atoms with Gasteiger partial charge < -0.3 is 39.9 Å². The van der Waals surface area contributed by atoms with Crippen molar-refractivity contribution >= 4 is 19.8 Å². The Morgan fingerprint density at radius 3 is 1.29 bits per heavy atom. The lowest BCUT2D eigenvalue weighted by Crippen LogP contribution is -2.64. The Hall–Kier alpha value is -1.67. The van der Waals surface area contributed by atoms with Gasteiger partial charge in [0, 0.05) is 12.8 Å². The zero-order chi connectivity index (χ0) is 47.8. The summed E-state index contributed by atoms with van der Waals surface area (Å²) in [7, 11) is -5.12. The average Bonchev–Trinajstić information content (AvgIpc) is 3.29.